The molecule has 0 spiro atoms. The molecule has 0 aliphatic carbocycles. The van der Waals surface area contributed by atoms with Crippen LogP contribution in [0.5, 0.6) is 5.75 Å². The van der Waals surface area contributed by atoms with Crippen LogP contribution in [0.2, 0.25) is 0 Å². The first-order valence-electron chi connectivity index (χ1n) is 16.1. The second kappa shape index (κ2) is 13.9. The third-order valence-electron chi connectivity index (χ3n) is 8.46. The summed E-state index contributed by atoms with van der Waals surface area (Å²) < 4.78 is 13.0. The summed E-state index contributed by atoms with van der Waals surface area (Å²) in [6.07, 6.45) is 8.31. The Hall–Kier alpha value is -4.47. The number of hydrogen-bond donors (Lipinski definition) is 0. The predicted octanol–water partition coefficient (Wildman–Crippen LogP) is 6.91. The van der Waals surface area contributed by atoms with Crippen LogP contribution in [-0.4, -0.2) is 73.9 Å². The number of para-hydroxylation sites is 2. The molecule has 3 heterocycles. The van der Waals surface area contributed by atoms with Gasteiger partial charge in [0.1, 0.15) is 11.4 Å². The van der Waals surface area contributed by atoms with Gasteiger partial charge in [-0.15, -0.1) is 0 Å². The van der Waals surface area contributed by atoms with Gasteiger partial charge in [-0.25, -0.2) is 9.78 Å². The van der Waals surface area contributed by atoms with Crippen LogP contribution in [-0.2, 0) is 16.1 Å². The van der Waals surface area contributed by atoms with Gasteiger partial charge in [-0.2, -0.15) is 5.10 Å². The highest BCUT2D eigenvalue weighted by molar-refractivity contribution is 5.82. The highest BCUT2D eigenvalue weighted by Crippen LogP contribution is 2.31. The zero-order valence-electron chi connectivity index (χ0n) is 27.9. The van der Waals surface area contributed by atoms with Crippen LogP contribution < -0.4 is 4.74 Å². The monoisotopic (exact) mass is 626 g/mol. The van der Waals surface area contributed by atoms with E-state index in [0.29, 0.717) is 39.0 Å². The molecule has 0 atom stereocenters. The van der Waals surface area contributed by atoms with E-state index in [1.165, 1.54) is 0 Å². The Morgan fingerprint density at radius 1 is 0.957 bits per heavy atom. The largest absolute Gasteiger partial charge is 0.497 e. The van der Waals surface area contributed by atoms with Crippen molar-refractivity contribution in [3.8, 4) is 17.0 Å². The number of carbonyl (C=O) groups is 2. The Bertz CT molecular complexity index is 1630. The van der Waals surface area contributed by atoms with Gasteiger partial charge in [0.25, 0.3) is 0 Å². The Labute approximate surface area is 271 Å². The number of methoxy groups -OCH3 is 1. The first-order chi connectivity index (χ1) is 21.9. The molecule has 1 fully saturated rings. The third-order valence-corrected chi connectivity index (χ3v) is 8.46. The summed E-state index contributed by atoms with van der Waals surface area (Å²) in [6, 6.07) is 15.7. The minimum atomic E-state index is -0.598. The van der Waals surface area contributed by atoms with E-state index in [0.717, 1.165) is 46.4 Å². The van der Waals surface area contributed by atoms with Crippen molar-refractivity contribution in [2.75, 3.05) is 26.7 Å². The van der Waals surface area contributed by atoms with Crippen LogP contribution in [0.15, 0.2) is 67.1 Å². The fraction of sp³-hybridized carbons (Fsp3) is 0.472. The fourth-order valence-corrected chi connectivity index (χ4v) is 5.86. The summed E-state index contributed by atoms with van der Waals surface area (Å²) in [4.78, 5) is 39.8. The molecule has 0 radical (unpaired) electrons. The average Bonchev–Trinajstić information content (AvgIpc) is 3.54. The lowest BCUT2D eigenvalue weighted by Crippen LogP contribution is -2.45. The molecule has 0 N–H and O–H groups in total. The van der Waals surface area contributed by atoms with Gasteiger partial charge in [0.05, 0.1) is 42.3 Å². The molecule has 2 amide bonds. The van der Waals surface area contributed by atoms with Gasteiger partial charge in [0, 0.05) is 43.4 Å². The molecule has 5 rings (SSSR count). The number of piperidine rings is 1. The molecule has 244 valence electrons. The number of aromatic nitrogens is 4. The minimum absolute atomic E-state index is 0.150. The third kappa shape index (κ3) is 8.21. The highest BCUT2D eigenvalue weighted by Gasteiger charge is 2.34. The maximum absolute atomic E-state index is 13.7. The van der Waals surface area contributed by atoms with E-state index in [-0.39, 0.29) is 18.0 Å². The number of carbonyl (C=O) groups excluding carboxylic acids is 2. The molecule has 10 nitrogen and oxygen atoms in total. The van der Waals surface area contributed by atoms with Crippen molar-refractivity contribution in [2.45, 2.75) is 78.5 Å². The summed E-state index contributed by atoms with van der Waals surface area (Å²) in [5.74, 6) is 0.916. The number of ether oxygens (including phenoxy) is 2. The highest BCUT2D eigenvalue weighted by atomic mass is 16.6. The normalized spacial score (nSPS) is 14.3. The molecule has 2 aromatic carbocycles. The Balaban J connectivity index is 1.14. The van der Waals surface area contributed by atoms with Gasteiger partial charge in [0.15, 0.2) is 0 Å². The smallest absolute Gasteiger partial charge is 0.410 e. The quantitative estimate of drug-likeness (QED) is 0.188. The van der Waals surface area contributed by atoms with Gasteiger partial charge < -0.3 is 19.3 Å². The first-order valence-corrected chi connectivity index (χ1v) is 16.1. The van der Waals surface area contributed by atoms with Gasteiger partial charge in [0.2, 0.25) is 5.91 Å². The molecule has 1 aliphatic rings. The molecule has 4 aromatic rings. The van der Waals surface area contributed by atoms with Crippen LogP contribution in [0.1, 0.15) is 71.9 Å². The number of benzene rings is 2. The zero-order chi connectivity index (χ0) is 32.9. The summed E-state index contributed by atoms with van der Waals surface area (Å²) in [5.41, 5.74) is 3.29. The Morgan fingerprint density at radius 2 is 1.65 bits per heavy atom. The lowest BCUT2D eigenvalue weighted by Gasteiger charge is -2.37. The van der Waals surface area contributed by atoms with Gasteiger partial charge >= 0.3 is 6.09 Å². The number of fused-ring (bicyclic) bond motifs is 1. The summed E-state index contributed by atoms with van der Waals surface area (Å²) in [6.45, 7) is 11.9. The molecular formula is C36H46N6O4. The van der Waals surface area contributed by atoms with E-state index in [4.69, 9.17) is 14.5 Å². The lowest BCUT2D eigenvalue weighted by molar-refractivity contribution is -0.142. The second-order valence-electron chi connectivity index (χ2n) is 13.7. The minimum Gasteiger partial charge on any atom is -0.497 e. The van der Waals surface area contributed by atoms with E-state index < -0.39 is 11.0 Å². The molecule has 1 saturated heterocycles. The van der Waals surface area contributed by atoms with Crippen LogP contribution in [0.3, 0.4) is 0 Å². The van der Waals surface area contributed by atoms with Gasteiger partial charge in [-0.1, -0.05) is 38.1 Å². The number of nitrogens with zero attached hydrogens (tertiary/aromatic N) is 6. The first kappa shape index (κ1) is 32.9. The topological polar surface area (TPSA) is 103 Å². The number of likely N-dealkylation sites (tertiary alicyclic amines) is 1. The molecule has 0 bridgehead atoms. The fourth-order valence-electron chi connectivity index (χ4n) is 5.86. The number of amides is 2. The van der Waals surface area contributed by atoms with Crippen molar-refractivity contribution < 1.29 is 19.1 Å². The molecule has 46 heavy (non-hydrogen) atoms. The van der Waals surface area contributed by atoms with Gasteiger partial charge in [-0.05, 0) is 76.3 Å². The van der Waals surface area contributed by atoms with E-state index in [9.17, 15) is 9.59 Å². The van der Waals surface area contributed by atoms with Crippen molar-refractivity contribution >= 4 is 23.0 Å². The lowest BCUT2D eigenvalue weighted by atomic mass is 9.85. The van der Waals surface area contributed by atoms with Crippen molar-refractivity contribution in [3.05, 3.63) is 72.7 Å². The van der Waals surface area contributed by atoms with Gasteiger partial charge in [-0.3, -0.25) is 14.5 Å². The molecule has 10 heteroatoms. The number of rotatable bonds is 10. The van der Waals surface area contributed by atoms with E-state index in [1.807, 2.05) is 105 Å². The van der Waals surface area contributed by atoms with Crippen LogP contribution in [0.25, 0.3) is 22.3 Å². The SMILES string of the molecule is COc1ccc(CN(CCCC(C)(C)C(=O)N2CCC(n3cc(-c4cnc5ccccc5n4)cn3)CC2)C(=O)OC(C)(C)C)cc1. The maximum Gasteiger partial charge on any atom is 0.410 e. The predicted molar refractivity (Wildman–Crippen MR) is 178 cm³/mol. The van der Waals surface area contributed by atoms with Crippen LogP contribution >= 0.6 is 0 Å². The van der Waals surface area contributed by atoms with Crippen molar-refractivity contribution in [3.63, 3.8) is 0 Å². The van der Waals surface area contributed by atoms with Crippen molar-refractivity contribution in [2.24, 2.45) is 5.41 Å². The average molecular weight is 627 g/mol. The Kier molecular flexibility index (Phi) is 9.94. The molecule has 1 aliphatic heterocycles. The number of hydrogen-bond acceptors (Lipinski definition) is 7. The van der Waals surface area contributed by atoms with E-state index >= 15 is 0 Å². The summed E-state index contributed by atoms with van der Waals surface area (Å²) >= 11 is 0. The van der Waals surface area contributed by atoms with E-state index in [1.54, 1.807) is 18.2 Å². The standard InChI is InChI=1S/C36H46N6O4/c1-35(2,3)46-34(44)41(24-26-12-14-29(45-6)15-13-26)19-9-18-36(4,5)33(43)40-20-16-28(17-21-40)42-25-27(22-38-42)32-23-37-30-10-7-8-11-31(30)39-32/h7-8,10-15,22-23,25,28H,9,16-21,24H2,1-6H3. The molecule has 0 unspecified atom stereocenters. The molecule has 0 saturated carbocycles. The van der Waals surface area contributed by atoms with Crippen molar-refractivity contribution in [1.29, 1.82) is 0 Å². The zero-order valence-corrected chi connectivity index (χ0v) is 27.9. The molecule has 2 aromatic heterocycles. The van der Waals surface area contributed by atoms with E-state index in [2.05, 4.69) is 10.1 Å². The molecular weight excluding hydrogens is 580 g/mol. The summed E-state index contributed by atoms with van der Waals surface area (Å²) in [5, 5.41) is 4.64. The maximum atomic E-state index is 13.7. The Morgan fingerprint density at radius 3 is 2.33 bits per heavy atom. The second-order valence-corrected chi connectivity index (χ2v) is 13.7. The van der Waals surface area contributed by atoms with Crippen molar-refractivity contribution in [1.82, 2.24) is 29.5 Å². The summed E-state index contributed by atoms with van der Waals surface area (Å²) in [7, 11) is 1.63. The van der Waals surface area contributed by atoms with Crippen LogP contribution in [0, 0.1) is 5.41 Å². The van der Waals surface area contributed by atoms with Crippen LogP contribution in [0.4, 0.5) is 4.79 Å².